The molecule has 1 unspecified atom stereocenters. The molecule has 3 rings (SSSR count). The molecule has 0 saturated carbocycles. The van der Waals surface area contributed by atoms with Crippen LogP contribution in [0, 0.1) is 0 Å². The smallest absolute Gasteiger partial charge is 0.341 e. The monoisotopic (exact) mass is 295 g/mol. The van der Waals surface area contributed by atoms with Crippen LogP contribution in [0.25, 0.3) is 11.3 Å². The Morgan fingerprint density at radius 1 is 1.10 bits per heavy atom. The van der Waals surface area contributed by atoms with E-state index in [1.54, 1.807) is 6.20 Å². The van der Waals surface area contributed by atoms with Gasteiger partial charge in [-0.3, -0.25) is 0 Å². The van der Waals surface area contributed by atoms with Gasteiger partial charge in [0.15, 0.2) is 0 Å². The molecule has 1 aromatic carbocycles. The summed E-state index contributed by atoms with van der Waals surface area (Å²) in [5.74, 6) is 0.851. The number of rotatable bonds is 2. The van der Waals surface area contributed by atoms with Crippen molar-refractivity contribution >= 4 is 0 Å². The lowest BCUT2D eigenvalue weighted by Crippen LogP contribution is -2.27. The lowest BCUT2D eigenvalue weighted by molar-refractivity contribution is -0.137. The Kier molecular flexibility index (Phi) is 3.71. The van der Waals surface area contributed by atoms with E-state index in [1.807, 2.05) is 0 Å². The van der Waals surface area contributed by atoms with Crippen LogP contribution in [0.3, 0.4) is 0 Å². The number of imidazole rings is 1. The molecule has 112 valence electrons. The number of nitrogens with zero attached hydrogens (tertiary/aromatic N) is 1. The largest absolute Gasteiger partial charge is 0.416 e. The van der Waals surface area contributed by atoms with E-state index in [0.29, 0.717) is 5.56 Å². The molecule has 1 fully saturated rings. The van der Waals surface area contributed by atoms with Crippen LogP contribution in [0.15, 0.2) is 30.5 Å². The Labute approximate surface area is 120 Å². The van der Waals surface area contributed by atoms with Gasteiger partial charge in [-0.05, 0) is 37.1 Å². The summed E-state index contributed by atoms with van der Waals surface area (Å²) in [5.41, 5.74) is 0.809. The average molecular weight is 295 g/mol. The van der Waals surface area contributed by atoms with Crippen molar-refractivity contribution in [2.75, 3.05) is 6.54 Å². The second-order valence-electron chi connectivity index (χ2n) is 5.26. The van der Waals surface area contributed by atoms with E-state index < -0.39 is 11.7 Å². The highest BCUT2D eigenvalue weighted by Crippen LogP contribution is 2.31. The fourth-order valence-electron chi connectivity index (χ4n) is 2.58. The third-order valence-electron chi connectivity index (χ3n) is 3.76. The molecule has 6 heteroatoms. The van der Waals surface area contributed by atoms with E-state index in [4.69, 9.17) is 0 Å². The Hall–Kier alpha value is -1.82. The van der Waals surface area contributed by atoms with Gasteiger partial charge in [0.1, 0.15) is 5.82 Å². The summed E-state index contributed by atoms with van der Waals surface area (Å²) in [5, 5.41) is 3.39. The standard InChI is InChI=1S/C15H16F3N3/c16-15(17,18)11-6-4-10(5-7-11)13-9-20-14(21-13)12-3-1-2-8-19-12/h4-7,9,12,19H,1-3,8H2,(H,20,21). The SMILES string of the molecule is FC(F)(F)c1ccc(-c2cnc(C3CCCCN3)[nH]2)cc1. The number of halogens is 3. The topological polar surface area (TPSA) is 40.7 Å². The van der Waals surface area contributed by atoms with Crippen molar-refractivity contribution in [3.63, 3.8) is 0 Å². The number of nitrogens with one attached hydrogen (secondary N) is 2. The zero-order valence-electron chi connectivity index (χ0n) is 11.4. The minimum Gasteiger partial charge on any atom is -0.341 e. The van der Waals surface area contributed by atoms with Gasteiger partial charge in [-0.2, -0.15) is 13.2 Å². The number of H-pyrrole nitrogens is 1. The number of aromatic nitrogens is 2. The van der Waals surface area contributed by atoms with Gasteiger partial charge in [0, 0.05) is 0 Å². The molecule has 1 aromatic heterocycles. The van der Waals surface area contributed by atoms with Crippen LogP contribution >= 0.6 is 0 Å². The van der Waals surface area contributed by atoms with Crippen LogP contribution in [0.4, 0.5) is 13.2 Å². The Bertz CT molecular complexity index is 595. The summed E-state index contributed by atoms with van der Waals surface area (Å²) in [6.07, 6.45) is 0.731. The number of benzene rings is 1. The van der Waals surface area contributed by atoms with Crippen LogP contribution in [0.5, 0.6) is 0 Å². The predicted octanol–water partition coefficient (Wildman–Crippen LogP) is 3.91. The van der Waals surface area contributed by atoms with Crippen LogP contribution in [-0.2, 0) is 6.18 Å². The first kappa shape index (κ1) is 14.1. The molecule has 0 bridgehead atoms. The summed E-state index contributed by atoms with van der Waals surface area (Å²) in [7, 11) is 0. The minimum atomic E-state index is -4.30. The van der Waals surface area contributed by atoms with Crippen LogP contribution in [0.1, 0.15) is 36.7 Å². The first-order chi connectivity index (χ1) is 10.0. The minimum absolute atomic E-state index is 0.210. The maximum absolute atomic E-state index is 12.5. The van der Waals surface area contributed by atoms with E-state index in [0.717, 1.165) is 43.0 Å². The zero-order chi connectivity index (χ0) is 14.9. The molecule has 0 spiro atoms. The summed E-state index contributed by atoms with van der Waals surface area (Å²) < 4.78 is 37.6. The van der Waals surface area contributed by atoms with Gasteiger partial charge in [-0.1, -0.05) is 18.6 Å². The second-order valence-corrected chi connectivity index (χ2v) is 5.26. The molecular formula is C15H16F3N3. The number of aromatic amines is 1. The molecule has 1 aliphatic heterocycles. The normalized spacial score (nSPS) is 19.7. The molecule has 2 heterocycles. The fraction of sp³-hybridized carbons (Fsp3) is 0.400. The van der Waals surface area contributed by atoms with Crippen LogP contribution in [0.2, 0.25) is 0 Å². The Morgan fingerprint density at radius 2 is 1.86 bits per heavy atom. The number of piperidine rings is 1. The van der Waals surface area contributed by atoms with Crippen molar-refractivity contribution < 1.29 is 13.2 Å². The Balaban J connectivity index is 1.79. The Morgan fingerprint density at radius 3 is 2.48 bits per heavy atom. The molecule has 0 amide bonds. The third-order valence-corrected chi connectivity index (χ3v) is 3.76. The lowest BCUT2D eigenvalue weighted by atomic mass is 10.0. The number of hydrogen-bond donors (Lipinski definition) is 2. The highest BCUT2D eigenvalue weighted by atomic mass is 19.4. The quantitative estimate of drug-likeness (QED) is 0.882. The highest BCUT2D eigenvalue weighted by molar-refractivity contribution is 5.59. The van der Waals surface area contributed by atoms with Gasteiger partial charge in [0.2, 0.25) is 0 Å². The van der Waals surface area contributed by atoms with Crippen molar-refractivity contribution in [1.82, 2.24) is 15.3 Å². The van der Waals surface area contributed by atoms with Gasteiger partial charge >= 0.3 is 6.18 Å². The van der Waals surface area contributed by atoms with Gasteiger partial charge in [-0.25, -0.2) is 4.98 Å². The lowest BCUT2D eigenvalue weighted by Gasteiger charge is -2.21. The van der Waals surface area contributed by atoms with Crippen molar-refractivity contribution in [1.29, 1.82) is 0 Å². The van der Waals surface area contributed by atoms with E-state index in [-0.39, 0.29) is 6.04 Å². The van der Waals surface area contributed by atoms with Crippen molar-refractivity contribution in [2.24, 2.45) is 0 Å². The van der Waals surface area contributed by atoms with Crippen LogP contribution < -0.4 is 5.32 Å². The highest BCUT2D eigenvalue weighted by Gasteiger charge is 2.30. The number of alkyl halides is 3. The van der Waals surface area contributed by atoms with Gasteiger partial charge in [0.25, 0.3) is 0 Å². The molecule has 1 aliphatic rings. The third kappa shape index (κ3) is 3.10. The summed E-state index contributed by atoms with van der Waals surface area (Å²) in [4.78, 5) is 7.55. The molecule has 2 N–H and O–H groups in total. The van der Waals surface area contributed by atoms with Crippen molar-refractivity contribution in [3.05, 3.63) is 41.9 Å². The van der Waals surface area contributed by atoms with Gasteiger partial charge < -0.3 is 10.3 Å². The van der Waals surface area contributed by atoms with Crippen LogP contribution in [-0.4, -0.2) is 16.5 Å². The maximum Gasteiger partial charge on any atom is 0.416 e. The molecule has 1 atom stereocenters. The van der Waals surface area contributed by atoms with Crippen molar-refractivity contribution in [2.45, 2.75) is 31.5 Å². The first-order valence-corrected chi connectivity index (χ1v) is 7.00. The molecule has 0 radical (unpaired) electrons. The molecular weight excluding hydrogens is 279 g/mol. The summed E-state index contributed by atoms with van der Waals surface area (Å²) >= 11 is 0. The maximum atomic E-state index is 12.5. The summed E-state index contributed by atoms with van der Waals surface area (Å²) in [6, 6.07) is 5.33. The van der Waals surface area contributed by atoms with E-state index in [1.165, 1.54) is 18.6 Å². The van der Waals surface area contributed by atoms with Crippen molar-refractivity contribution in [3.8, 4) is 11.3 Å². The van der Waals surface area contributed by atoms with E-state index >= 15 is 0 Å². The zero-order valence-corrected chi connectivity index (χ0v) is 11.4. The predicted molar refractivity (Wildman–Crippen MR) is 73.6 cm³/mol. The van der Waals surface area contributed by atoms with E-state index in [9.17, 15) is 13.2 Å². The summed E-state index contributed by atoms with van der Waals surface area (Å²) in [6.45, 7) is 0.973. The first-order valence-electron chi connectivity index (χ1n) is 7.00. The average Bonchev–Trinajstić information content (AvgIpc) is 2.97. The van der Waals surface area contributed by atoms with Gasteiger partial charge in [-0.15, -0.1) is 0 Å². The fourth-order valence-corrected chi connectivity index (χ4v) is 2.58. The second kappa shape index (κ2) is 5.52. The van der Waals surface area contributed by atoms with Gasteiger partial charge in [0.05, 0.1) is 23.5 Å². The molecule has 3 nitrogen and oxygen atoms in total. The molecule has 1 saturated heterocycles. The molecule has 21 heavy (non-hydrogen) atoms. The van der Waals surface area contributed by atoms with E-state index in [2.05, 4.69) is 15.3 Å². The molecule has 2 aromatic rings. The number of hydrogen-bond acceptors (Lipinski definition) is 2. The molecule has 0 aliphatic carbocycles.